The summed E-state index contributed by atoms with van der Waals surface area (Å²) in [4.78, 5) is 24.5. The Morgan fingerprint density at radius 3 is 2.81 bits per heavy atom. The van der Waals surface area contributed by atoms with Crippen molar-refractivity contribution in [2.75, 3.05) is 13.1 Å². The monoisotopic (exact) mass is 228 g/mol. The number of hydrogen-bond acceptors (Lipinski definition) is 4. The van der Waals surface area contributed by atoms with Crippen molar-refractivity contribution in [1.29, 1.82) is 0 Å². The molecule has 1 aliphatic rings. The van der Waals surface area contributed by atoms with Crippen molar-refractivity contribution in [1.82, 2.24) is 10.1 Å². The molecule has 0 saturated carbocycles. The molecule has 90 valence electrons. The highest BCUT2D eigenvalue weighted by Gasteiger charge is 2.24. The number of hydrogen-bond donors (Lipinski definition) is 2. The van der Waals surface area contributed by atoms with Gasteiger partial charge in [0.15, 0.2) is 0 Å². The summed E-state index contributed by atoms with van der Waals surface area (Å²) in [6.45, 7) is 3.29. The van der Waals surface area contributed by atoms with E-state index < -0.39 is 11.1 Å². The molecule has 0 aliphatic carbocycles. The van der Waals surface area contributed by atoms with E-state index in [0.717, 1.165) is 6.42 Å². The van der Waals surface area contributed by atoms with Crippen LogP contribution in [-0.4, -0.2) is 45.4 Å². The van der Waals surface area contributed by atoms with Crippen LogP contribution in [0.25, 0.3) is 0 Å². The lowest BCUT2D eigenvalue weighted by molar-refractivity contribution is -0.284. The van der Waals surface area contributed by atoms with Gasteiger partial charge >= 0.3 is 0 Å². The molecular formula is C10H16N2O4. The van der Waals surface area contributed by atoms with Gasteiger partial charge in [0.2, 0.25) is 5.91 Å². The van der Waals surface area contributed by atoms with Crippen molar-refractivity contribution in [2.24, 2.45) is 0 Å². The summed E-state index contributed by atoms with van der Waals surface area (Å²) in [5, 5.41) is 16.5. The van der Waals surface area contributed by atoms with Gasteiger partial charge in [0.05, 0.1) is 6.42 Å². The zero-order chi connectivity index (χ0) is 12.1. The molecule has 0 aromatic carbocycles. The second-order valence-corrected chi connectivity index (χ2v) is 3.67. The Bertz CT molecular complexity index is 312. The average molecular weight is 228 g/mol. The molecule has 0 bridgehead atoms. The van der Waals surface area contributed by atoms with Crippen LogP contribution in [0.3, 0.4) is 0 Å². The summed E-state index contributed by atoms with van der Waals surface area (Å²) in [5.74, 6) is -1.10. The molecule has 0 aromatic rings. The van der Waals surface area contributed by atoms with Crippen molar-refractivity contribution >= 4 is 11.8 Å². The molecule has 0 atom stereocenters. The number of carbonyl (C=O) groups is 2. The first-order valence-corrected chi connectivity index (χ1v) is 5.25. The maximum Gasteiger partial charge on any atom is 0.277 e. The molecule has 0 saturated heterocycles. The second kappa shape index (κ2) is 5.62. The number of amides is 2. The van der Waals surface area contributed by atoms with E-state index in [4.69, 9.17) is 10.4 Å². The van der Waals surface area contributed by atoms with E-state index in [-0.39, 0.29) is 12.3 Å². The highest BCUT2D eigenvalue weighted by Crippen LogP contribution is 2.15. The van der Waals surface area contributed by atoms with E-state index in [1.165, 1.54) is 0 Å². The van der Waals surface area contributed by atoms with E-state index in [1.54, 1.807) is 11.0 Å². The first-order valence-electron chi connectivity index (χ1n) is 5.25. The third-order valence-corrected chi connectivity index (χ3v) is 2.41. The lowest BCUT2D eigenvalue weighted by Crippen LogP contribution is -2.37. The highest BCUT2D eigenvalue weighted by molar-refractivity contribution is 5.98. The standard InChI is InChI=1S/C10H16N2O4/c1-2-5-11-6-3-4-8(10(11)14)7-9(13)12(15)16/h4,15-16H,2-3,5-7H2,1H3. The lowest BCUT2D eigenvalue weighted by atomic mass is 10.1. The van der Waals surface area contributed by atoms with Crippen molar-refractivity contribution in [3.63, 3.8) is 0 Å². The number of hydroxylamine groups is 2. The molecule has 2 amide bonds. The summed E-state index contributed by atoms with van der Waals surface area (Å²) in [7, 11) is 0. The zero-order valence-corrected chi connectivity index (χ0v) is 9.22. The van der Waals surface area contributed by atoms with Crippen LogP contribution in [-0.2, 0) is 9.59 Å². The summed E-state index contributed by atoms with van der Waals surface area (Å²) in [5.41, 5.74) is 0.331. The van der Waals surface area contributed by atoms with Gasteiger partial charge in [0.1, 0.15) is 0 Å². The van der Waals surface area contributed by atoms with Gasteiger partial charge in [-0.3, -0.25) is 20.0 Å². The van der Waals surface area contributed by atoms with E-state index >= 15 is 0 Å². The molecule has 1 heterocycles. The lowest BCUT2D eigenvalue weighted by Gasteiger charge is -2.26. The van der Waals surface area contributed by atoms with Crippen LogP contribution in [0, 0.1) is 0 Å². The van der Waals surface area contributed by atoms with Crippen molar-refractivity contribution < 1.29 is 20.0 Å². The second-order valence-electron chi connectivity index (χ2n) is 3.67. The van der Waals surface area contributed by atoms with Gasteiger partial charge in [0, 0.05) is 18.7 Å². The highest BCUT2D eigenvalue weighted by atomic mass is 16.8. The van der Waals surface area contributed by atoms with Crippen molar-refractivity contribution in [3.05, 3.63) is 11.6 Å². The average Bonchev–Trinajstić information content (AvgIpc) is 2.24. The van der Waals surface area contributed by atoms with Crippen LogP contribution in [0.5, 0.6) is 0 Å². The Morgan fingerprint density at radius 2 is 2.25 bits per heavy atom. The SMILES string of the molecule is CCCN1CCC=C(CC(=O)N(O)O)C1=O. The molecule has 0 aromatic heterocycles. The minimum atomic E-state index is -0.905. The first kappa shape index (κ1) is 12.7. The molecule has 6 heteroatoms. The maximum absolute atomic E-state index is 11.8. The number of nitrogens with zero attached hydrogens (tertiary/aromatic N) is 2. The summed E-state index contributed by atoms with van der Waals surface area (Å²) in [6, 6.07) is 0. The molecule has 1 rings (SSSR count). The largest absolute Gasteiger partial charge is 0.339 e. The molecule has 0 radical (unpaired) electrons. The van der Waals surface area contributed by atoms with Gasteiger partial charge in [-0.05, 0) is 12.8 Å². The fourth-order valence-corrected chi connectivity index (χ4v) is 1.65. The number of rotatable bonds is 4. The Morgan fingerprint density at radius 1 is 1.56 bits per heavy atom. The molecule has 0 spiro atoms. The molecule has 2 N–H and O–H groups in total. The fourth-order valence-electron chi connectivity index (χ4n) is 1.65. The minimum absolute atomic E-state index is 0.191. The minimum Gasteiger partial charge on any atom is -0.339 e. The Kier molecular flexibility index (Phi) is 4.45. The van der Waals surface area contributed by atoms with Gasteiger partial charge in [0.25, 0.3) is 5.91 Å². The Labute approximate surface area is 93.7 Å². The van der Waals surface area contributed by atoms with E-state index in [0.29, 0.717) is 25.1 Å². The molecule has 0 unspecified atom stereocenters. The van der Waals surface area contributed by atoms with Crippen LogP contribution in [0.1, 0.15) is 26.2 Å². The molecule has 1 aliphatic heterocycles. The molecular weight excluding hydrogens is 212 g/mol. The van der Waals surface area contributed by atoms with E-state index in [2.05, 4.69) is 0 Å². The summed E-state index contributed by atoms with van der Waals surface area (Å²) in [6.07, 6.45) is 2.96. The van der Waals surface area contributed by atoms with E-state index in [9.17, 15) is 9.59 Å². The topological polar surface area (TPSA) is 81.1 Å². The van der Waals surface area contributed by atoms with Crippen LogP contribution in [0.4, 0.5) is 0 Å². The smallest absolute Gasteiger partial charge is 0.277 e. The molecule has 6 nitrogen and oxygen atoms in total. The Balaban J connectivity index is 2.63. The van der Waals surface area contributed by atoms with Crippen LogP contribution in [0.2, 0.25) is 0 Å². The predicted molar refractivity (Wildman–Crippen MR) is 54.6 cm³/mol. The zero-order valence-electron chi connectivity index (χ0n) is 9.22. The van der Waals surface area contributed by atoms with Gasteiger partial charge in [-0.25, -0.2) is 0 Å². The summed E-state index contributed by atoms with van der Waals surface area (Å²) >= 11 is 0. The third-order valence-electron chi connectivity index (χ3n) is 2.41. The first-order chi connectivity index (χ1) is 7.56. The maximum atomic E-state index is 11.8. The Hall–Kier alpha value is -1.40. The van der Waals surface area contributed by atoms with Crippen LogP contribution < -0.4 is 0 Å². The van der Waals surface area contributed by atoms with Crippen LogP contribution in [0.15, 0.2) is 11.6 Å². The third kappa shape index (κ3) is 3.04. The number of carbonyl (C=O) groups excluding carboxylic acids is 2. The van der Waals surface area contributed by atoms with E-state index in [1.807, 2.05) is 6.92 Å². The van der Waals surface area contributed by atoms with Gasteiger partial charge in [-0.2, -0.15) is 0 Å². The summed E-state index contributed by atoms with van der Waals surface area (Å²) < 4.78 is 0. The van der Waals surface area contributed by atoms with Gasteiger partial charge in [-0.1, -0.05) is 18.2 Å². The van der Waals surface area contributed by atoms with Gasteiger partial charge < -0.3 is 4.90 Å². The van der Waals surface area contributed by atoms with Crippen molar-refractivity contribution in [2.45, 2.75) is 26.2 Å². The van der Waals surface area contributed by atoms with Crippen molar-refractivity contribution in [3.8, 4) is 0 Å². The van der Waals surface area contributed by atoms with Gasteiger partial charge in [-0.15, -0.1) is 0 Å². The molecule has 0 fully saturated rings. The predicted octanol–water partition coefficient (Wildman–Crippen LogP) is 0.552. The normalized spacial score (nSPS) is 16.1. The fraction of sp³-hybridized carbons (Fsp3) is 0.600. The quantitative estimate of drug-likeness (QED) is 0.544. The van der Waals surface area contributed by atoms with Crippen LogP contribution >= 0.6 is 0 Å². The molecule has 16 heavy (non-hydrogen) atoms.